The molecule has 114 valence electrons. The van der Waals surface area contributed by atoms with Gasteiger partial charge in [-0.3, -0.25) is 4.79 Å². The van der Waals surface area contributed by atoms with Crippen LogP contribution in [0.1, 0.15) is 22.8 Å². The van der Waals surface area contributed by atoms with E-state index in [0.717, 1.165) is 10.0 Å². The Bertz CT molecular complexity index is 675. The molecule has 0 aliphatic heterocycles. The van der Waals surface area contributed by atoms with Gasteiger partial charge in [0.25, 0.3) is 0 Å². The highest BCUT2D eigenvalue weighted by molar-refractivity contribution is 9.10. The van der Waals surface area contributed by atoms with Crippen LogP contribution in [0.25, 0.3) is 6.08 Å². The van der Waals surface area contributed by atoms with Gasteiger partial charge in [-0.25, -0.2) is 0 Å². The molecule has 0 bridgehead atoms. The van der Waals surface area contributed by atoms with Crippen LogP contribution in [0, 0.1) is 0 Å². The van der Waals surface area contributed by atoms with Gasteiger partial charge in [0.15, 0.2) is 17.3 Å². The highest BCUT2D eigenvalue weighted by atomic mass is 79.9. The van der Waals surface area contributed by atoms with Crippen LogP contribution in [-0.2, 0) is 0 Å². The molecular formula is C18H17BrO3. The van der Waals surface area contributed by atoms with Gasteiger partial charge in [-0.1, -0.05) is 28.1 Å². The zero-order valence-electron chi connectivity index (χ0n) is 12.5. The molecule has 0 fully saturated rings. The summed E-state index contributed by atoms with van der Waals surface area (Å²) in [6.07, 6.45) is 3.28. The van der Waals surface area contributed by atoms with Crippen molar-refractivity contribution < 1.29 is 14.3 Å². The fourth-order valence-electron chi connectivity index (χ4n) is 2.03. The lowest BCUT2D eigenvalue weighted by Crippen LogP contribution is -1.97. The summed E-state index contributed by atoms with van der Waals surface area (Å²) in [6.45, 7) is 2.47. The number of hydrogen-bond donors (Lipinski definition) is 0. The van der Waals surface area contributed by atoms with Gasteiger partial charge >= 0.3 is 0 Å². The number of rotatable bonds is 6. The van der Waals surface area contributed by atoms with Gasteiger partial charge < -0.3 is 9.47 Å². The van der Waals surface area contributed by atoms with E-state index >= 15 is 0 Å². The van der Waals surface area contributed by atoms with Gasteiger partial charge in [-0.15, -0.1) is 0 Å². The lowest BCUT2D eigenvalue weighted by Gasteiger charge is -2.11. The van der Waals surface area contributed by atoms with E-state index in [-0.39, 0.29) is 5.78 Å². The molecule has 0 saturated heterocycles. The van der Waals surface area contributed by atoms with Gasteiger partial charge in [0.2, 0.25) is 0 Å². The van der Waals surface area contributed by atoms with E-state index in [0.29, 0.717) is 23.7 Å². The molecule has 0 saturated carbocycles. The number of carbonyl (C=O) groups excluding carboxylic acids is 1. The van der Waals surface area contributed by atoms with Crippen LogP contribution >= 0.6 is 15.9 Å². The minimum atomic E-state index is -0.0589. The number of halogens is 1. The Balaban J connectivity index is 2.24. The van der Waals surface area contributed by atoms with Crippen molar-refractivity contribution in [1.29, 1.82) is 0 Å². The Morgan fingerprint density at radius 3 is 2.55 bits per heavy atom. The summed E-state index contributed by atoms with van der Waals surface area (Å²) in [4.78, 5) is 12.2. The molecule has 3 nitrogen and oxygen atoms in total. The van der Waals surface area contributed by atoms with Crippen LogP contribution in [0.3, 0.4) is 0 Å². The van der Waals surface area contributed by atoms with E-state index in [1.54, 1.807) is 25.3 Å². The van der Waals surface area contributed by atoms with Crippen LogP contribution in [-0.4, -0.2) is 19.5 Å². The third-order valence-corrected chi connectivity index (χ3v) is 3.58. The van der Waals surface area contributed by atoms with Gasteiger partial charge in [0.05, 0.1) is 13.7 Å². The largest absolute Gasteiger partial charge is 0.492 e. The maximum Gasteiger partial charge on any atom is 0.185 e. The maximum atomic E-state index is 12.2. The summed E-state index contributed by atoms with van der Waals surface area (Å²) in [6, 6.07) is 12.9. The van der Waals surface area contributed by atoms with Crippen molar-refractivity contribution >= 4 is 27.8 Å². The normalized spacial score (nSPS) is 10.7. The van der Waals surface area contributed by atoms with Crippen molar-refractivity contribution in [2.24, 2.45) is 0 Å². The van der Waals surface area contributed by atoms with Crippen LogP contribution in [0.15, 0.2) is 53.0 Å². The van der Waals surface area contributed by atoms with Crippen LogP contribution < -0.4 is 9.47 Å². The van der Waals surface area contributed by atoms with E-state index in [1.165, 1.54) is 6.08 Å². The van der Waals surface area contributed by atoms with Gasteiger partial charge in [0.1, 0.15) is 0 Å². The first-order chi connectivity index (χ1) is 10.7. The second kappa shape index (κ2) is 7.80. The summed E-state index contributed by atoms with van der Waals surface area (Å²) < 4.78 is 11.9. The van der Waals surface area contributed by atoms with Crippen molar-refractivity contribution in [1.82, 2.24) is 0 Å². The molecule has 2 aromatic rings. The minimum absolute atomic E-state index is 0.0589. The Morgan fingerprint density at radius 1 is 1.18 bits per heavy atom. The SMILES string of the molecule is CCOc1cccc(/C=C/C(=O)c2ccc(Br)cc2)c1OC. The van der Waals surface area contributed by atoms with Crippen molar-refractivity contribution in [3.63, 3.8) is 0 Å². The van der Waals surface area contributed by atoms with E-state index in [1.807, 2.05) is 37.3 Å². The standard InChI is InChI=1S/C18H17BrO3/c1-3-22-17-6-4-5-14(18(17)21-2)9-12-16(20)13-7-10-15(19)11-8-13/h4-12H,3H2,1-2H3/b12-9+. The summed E-state index contributed by atoms with van der Waals surface area (Å²) in [5.41, 5.74) is 1.44. The number of para-hydroxylation sites is 1. The number of benzene rings is 2. The molecule has 4 heteroatoms. The van der Waals surface area contributed by atoms with Gasteiger partial charge in [-0.05, 0) is 49.4 Å². The summed E-state index contributed by atoms with van der Waals surface area (Å²) in [7, 11) is 1.59. The van der Waals surface area contributed by atoms with Crippen LogP contribution in [0.4, 0.5) is 0 Å². The number of allylic oxidation sites excluding steroid dienone is 1. The van der Waals surface area contributed by atoms with E-state index in [9.17, 15) is 4.79 Å². The molecule has 2 aromatic carbocycles. The Hall–Kier alpha value is -2.07. The summed E-state index contributed by atoms with van der Waals surface area (Å²) >= 11 is 3.35. The zero-order valence-corrected chi connectivity index (χ0v) is 14.1. The molecule has 0 aliphatic carbocycles. The third kappa shape index (κ3) is 3.98. The molecule has 0 aliphatic rings. The molecule has 0 aromatic heterocycles. The molecule has 22 heavy (non-hydrogen) atoms. The lowest BCUT2D eigenvalue weighted by atomic mass is 10.1. The summed E-state index contributed by atoms with van der Waals surface area (Å²) in [5.74, 6) is 1.24. The smallest absolute Gasteiger partial charge is 0.185 e. The first-order valence-corrected chi connectivity index (χ1v) is 7.72. The predicted molar refractivity (Wildman–Crippen MR) is 91.7 cm³/mol. The molecule has 0 unspecified atom stereocenters. The number of ketones is 1. The molecule has 0 spiro atoms. The first kappa shape index (κ1) is 16.3. The van der Waals surface area contributed by atoms with E-state index < -0.39 is 0 Å². The van der Waals surface area contributed by atoms with E-state index in [4.69, 9.17) is 9.47 Å². The quantitative estimate of drug-likeness (QED) is 0.550. The average molecular weight is 361 g/mol. The Labute approximate surface area is 138 Å². The fourth-order valence-corrected chi connectivity index (χ4v) is 2.29. The topological polar surface area (TPSA) is 35.5 Å². The number of hydrogen-bond acceptors (Lipinski definition) is 3. The molecular weight excluding hydrogens is 344 g/mol. The second-order valence-electron chi connectivity index (χ2n) is 4.52. The lowest BCUT2D eigenvalue weighted by molar-refractivity contribution is 0.104. The summed E-state index contributed by atoms with van der Waals surface area (Å²) in [5, 5.41) is 0. The monoisotopic (exact) mass is 360 g/mol. The molecule has 0 amide bonds. The Morgan fingerprint density at radius 2 is 1.91 bits per heavy atom. The van der Waals surface area contributed by atoms with Crippen LogP contribution in [0.2, 0.25) is 0 Å². The molecule has 0 heterocycles. The van der Waals surface area contributed by atoms with Gasteiger partial charge in [-0.2, -0.15) is 0 Å². The number of methoxy groups -OCH3 is 1. The Kier molecular flexibility index (Phi) is 5.78. The molecule has 0 radical (unpaired) electrons. The van der Waals surface area contributed by atoms with Gasteiger partial charge in [0, 0.05) is 15.6 Å². The van der Waals surface area contributed by atoms with E-state index in [2.05, 4.69) is 15.9 Å². The van der Waals surface area contributed by atoms with Crippen molar-refractivity contribution in [2.75, 3.05) is 13.7 Å². The third-order valence-electron chi connectivity index (χ3n) is 3.06. The van der Waals surface area contributed by atoms with Crippen LogP contribution in [0.5, 0.6) is 11.5 Å². The molecule has 0 atom stereocenters. The van der Waals surface area contributed by atoms with Crippen molar-refractivity contribution in [2.45, 2.75) is 6.92 Å². The number of carbonyl (C=O) groups is 1. The maximum absolute atomic E-state index is 12.2. The first-order valence-electron chi connectivity index (χ1n) is 6.93. The second-order valence-corrected chi connectivity index (χ2v) is 5.43. The highest BCUT2D eigenvalue weighted by Crippen LogP contribution is 2.31. The predicted octanol–water partition coefficient (Wildman–Crippen LogP) is 4.75. The zero-order chi connectivity index (χ0) is 15.9. The number of ether oxygens (including phenoxy) is 2. The fraction of sp³-hybridized carbons (Fsp3) is 0.167. The molecule has 2 rings (SSSR count). The van der Waals surface area contributed by atoms with Crippen molar-refractivity contribution in [3.8, 4) is 11.5 Å². The molecule has 0 N–H and O–H groups in total. The van der Waals surface area contributed by atoms with Crippen molar-refractivity contribution in [3.05, 3.63) is 64.1 Å². The highest BCUT2D eigenvalue weighted by Gasteiger charge is 2.08. The minimum Gasteiger partial charge on any atom is -0.492 e. The average Bonchev–Trinajstić information content (AvgIpc) is 2.53.